The Morgan fingerprint density at radius 1 is 1.78 bits per heavy atom. The fourth-order valence-corrected chi connectivity index (χ4v) is 0.321. The molecule has 0 rings (SSSR count). The summed E-state index contributed by atoms with van der Waals surface area (Å²) >= 11 is 0. The monoisotopic (exact) mass is 129 g/mol. The highest BCUT2D eigenvalue weighted by atomic mass is 16.5. The van der Waals surface area contributed by atoms with Gasteiger partial charge >= 0.3 is 5.97 Å². The van der Waals surface area contributed by atoms with Gasteiger partial charge < -0.3 is 10.5 Å². The van der Waals surface area contributed by atoms with E-state index >= 15 is 0 Å². The van der Waals surface area contributed by atoms with Crippen LogP contribution in [-0.2, 0) is 9.53 Å². The summed E-state index contributed by atoms with van der Waals surface area (Å²) in [5, 5.41) is 0. The van der Waals surface area contributed by atoms with Gasteiger partial charge in [0.1, 0.15) is 0 Å². The molecule has 0 saturated carbocycles. The normalized spacial score (nSPS) is 10.0. The van der Waals surface area contributed by atoms with E-state index in [0.717, 1.165) is 0 Å². The zero-order valence-electron chi connectivity index (χ0n) is 5.46. The Balaban J connectivity index is 3.27. The van der Waals surface area contributed by atoms with Crippen molar-refractivity contribution in [2.45, 2.75) is 13.3 Å². The number of rotatable bonds is 3. The number of ether oxygens (including phenoxy) is 1. The Morgan fingerprint density at radius 3 is 2.89 bits per heavy atom. The average Bonchev–Trinajstić information content (AvgIpc) is 1.85. The third kappa shape index (κ3) is 5.03. The Kier molecular flexibility index (Phi) is 4.82. The molecule has 0 fully saturated rings. The molecule has 0 radical (unpaired) electrons. The van der Waals surface area contributed by atoms with E-state index < -0.39 is 0 Å². The zero-order valence-corrected chi connectivity index (χ0v) is 5.46. The molecule has 0 aromatic heterocycles. The van der Waals surface area contributed by atoms with Gasteiger partial charge in [0, 0.05) is 6.54 Å². The van der Waals surface area contributed by atoms with Crippen LogP contribution in [0.2, 0.25) is 0 Å². The van der Waals surface area contributed by atoms with Gasteiger partial charge in [0.15, 0.2) is 0 Å². The van der Waals surface area contributed by atoms with Crippen LogP contribution < -0.4 is 5.73 Å². The van der Waals surface area contributed by atoms with Crippen LogP contribution in [0.1, 0.15) is 13.3 Å². The number of allylic oxidation sites excluding steroid dienone is 1. The minimum absolute atomic E-state index is 0.282. The number of esters is 1. The highest BCUT2D eigenvalue weighted by Gasteiger charge is 1.95. The molecule has 0 amide bonds. The summed E-state index contributed by atoms with van der Waals surface area (Å²) in [7, 11) is 0. The quantitative estimate of drug-likeness (QED) is 0.443. The van der Waals surface area contributed by atoms with Crippen LogP contribution in [0.25, 0.3) is 0 Å². The molecule has 0 unspecified atom stereocenters. The second-order valence-electron chi connectivity index (χ2n) is 1.50. The molecule has 0 atom stereocenters. The average molecular weight is 129 g/mol. The van der Waals surface area contributed by atoms with Crippen molar-refractivity contribution in [3.8, 4) is 0 Å². The first-order valence-corrected chi connectivity index (χ1v) is 2.82. The lowest BCUT2D eigenvalue weighted by atomic mass is 10.4. The number of carbonyl (C=O) groups excluding carboxylic acids is 1. The first-order valence-electron chi connectivity index (χ1n) is 2.82. The first kappa shape index (κ1) is 8.17. The first-order chi connectivity index (χ1) is 4.31. The molecule has 0 heterocycles. The van der Waals surface area contributed by atoms with E-state index in [4.69, 9.17) is 5.73 Å². The van der Waals surface area contributed by atoms with Gasteiger partial charge in [-0.05, 0) is 6.92 Å². The summed E-state index contributed by atoms with van der Waals surface area (Å²) in [4.78, 5) is 10.4. The summed E-state index contributed by atoms with van der Waals surface area (Å²) in [5.41, 5.74) is 5.08. The van der Waals surface area contributed by atoms with Gasteiger partial charge in [-0.3, -0.25) is 4.79 Å². The van der Waals surface area contributed by atoms with E-state index in [0.29, 0.717) is 6.54 Å². The number of hydrogen-bond donors (Lipinski definition) is 1. The second kappa shape index (κ2) is 5.31. The van der Waals surface area contributed by atoms with E-state index in [1.54, 1.807) is 13.0 Å². The molecule has 0 saturated heterocycles. The molecule has 3 nitrogen and oxygen atoms in total. The fraction of sp³-hybridized carbons (Fsp3) is 0.500. The van der Waals surface area contributed by atoms with Gasteiger partial charge in [-0.25, -0.2) is 0 Å². The topological polar surface area (TPSA) is 52.3 Å². The van der Waals surface area contributed by atoms with Gasteiger partial charge in [0.25, 0.3) is 0 Å². The maximum Gasteiger partial charge on any atom is 0.311 e. The van der Waals surface area contributed by atoms with Gasteiger partial charge in [-0.2, -0.15) is 0 Å². The number of carbonyl (C=O) groups is 1. The van der Waals surface area contributed by atoms with E-state index in [1.807, 2.05) is 0 Å². The van der Waals surface area contributed by atoms with Crippen LogP contribution in [0, 0.1) is 0 Å². The molecular formula is C6H11NO2. The van der Waals surface area contributed by atoms with Gasteiger partial charge in [-0.1, -0.05) is 6.08 Å². The SMILES string of the molecule is C/C=C/OC(=O)CCN. The van der Waals surface area contributed by atoms with Crippen molar-refractivity contribution >= 4 is 5.97 Å². The van der Waals surface area contributed by atoms with Crippen LogP contribution in [0.15, 0.2) is 12.3 Å². The van der Waals surface area contributed by atoms with Crippen molar-refractivity contribution in [3.63, 3.8) is 0 Å². The summed E-state index contributed by atoms with van der Waals surface area (Å²) in [6, 6.07) is 0. The number of hydrogen-bond acceptors (Lipinski definition) is 3. The van der Waals surface area contributed by atoms with Crippen molar-refractivity contribution in [3.05, 3.63) is 12.3 Å². The van der Waals surface area contributed by atoms with Gasteiger partial charge in [0.2, 0.25) is 0 Å². The summed E-state index contributed by atoms with van der Waals surface area (Å²) in [6.45, 7) is 2.12. The molecule has 0 aromatic carbocycles. The Hall–Kier alpha value is -0.830. The van der Waals surface area contributed by atoms with Crippen molar-refractivity contribution in [2.75, 3.05) is 6.54 Å². The summed E-state index contributed by atoms with van der Waals surface area (Å²) < 4.78 is 4.53. The summed E-state index contributed by atoms with van der Waals surface area (Å²) in [5.74, 6) is -0.282. The molecule has 0 aliphatic heterocycles. The lowest BCUT2D eigenvalue weighted by Gasteiger charge is -1.93. The van der Waals surface area contributed by atoms with E-state index in [9.17, 15) is 4.79 Å². The molecule has 2 N–H and O–H groups in total. The van der Waals surface area contributed by atoms with Crippen molar-refractivity contribution in [1.82, 2.24) is 0 Å². The summed E-state index contributed by atoms with van der Waals surface area (Å²) in [6.07, 6.45) is 3.27. The molecule has 3 heteroatoms. The van der Waals surface area contributed by atoms with Crippen LogP contribution in [0.3, 0.4) is 0 Å². The second-order valence-corrected chi connectivity index (χ2v) is 1.50. The van der Waals surface area contributed by atoms with Gasteiger partial charge in [-0.15, -0.1) is 0 Å². The molecule has 9 heavy (non-hydrogen) atoms. The van der Waals surface area contributed by atoms with E-state index in [-0.39, 0.29) is 12.4 Å². The lowest BCUT2D eigenvalue weighted by Crippen LogP contribution is -2.08. The third-order valence-electron chi connectivity index (χ3n) is 0.684. The molecule has 0 spiro atoms. The molecule has 0 aliphatic carbocycles. The predicted molar refractivity (Wildman–Crippen MR) is 34.6 cm³/mol. The van der Waals surface area contributed by atoms with Crippen LogP contribution in [-0.4, -0.2) is 12.5 Å². The van der Waals surface area contributed by atoms with Crippen molar-refractivity contribution in [1.29, 1.82) is 0 Å². The van der Waals surface area contributed by atoms with E-state index in [1.165, 1.54) is 6.26 Å². The van der Waals surface area contributed by atoms with Crippen LogP contribution in [0.4, 0.5) is 0 Å². The van der Waals surface area contributed by atoms with Crippen LogP contribution in [0.5, 0.6) is 0 Å². The molecule has 52 valence electrons. The third-order valence-corrected chi connectivity index (χ3v) is 0.684. The zero-order chi connectivity index (χ0) is 7.11. The largest absolute Gasteiger partial charge is 0.435 e. The highest BCUT2D eigenvalue weighted by molar-refractivity contribution is 5.70. The van der Waals surface area contributed by atoms with E-state index in [2.05, 4.69) is 4.74 Å². The van der Waals surface area contributed by atoms with Gasteiger partial charge in [0.05, 0.1) is 12.7 Å². The predicted octanol–water partition coefficient (Wildman–Crippen LogP) is 0.412. The standard InChI is InChI=1S/C6H11NO2/c1-2-5-9-6(8)3-4-7/h2,5H,3-4,7H2,1H3/b5-2+. The van der Waals surface area contributed by atoms with Crippen molar-refractivity contribution in [2.24, 2.45) is 5.73 Å². The minimum Gasteiger partial charge on any atom is -0.435 e. The van der Waals surface area contributed by atoms with Crippen molar-refractivity contribution < 1.29 is 9.53 Å². The Morgan fingerprint density at radius 2 is 2.44 bits per heavy atom. The molecule has 0 aromatic rings. The molecule has 0 bridgehead atoms. The molecule has 0 aliphatic rings. The lowest BCUT2D eigenvalue weighted by molar-refractivity contribution is -0.137. The smallest absolute Gasteiger partial charge is 0.311 e. The Bertz CT molecular complexity index is 110. The number of nitrogens with two attached hydrogens (primary N) is 1. The fourth-order valence-electron chi connectivity index (χ4n) is 0.321. The maximum absolute atomic E-state index is 10.4. The Labute approximate surface area is 54.5 Å². The van der Waals surface area contributed by atoms with Crippen LogP contribution >= 0.6 is 0 Å². The molecular weight excluding hydrogens is 118 g/mol. The highest BCUT2D eigenvalue weighted by Crippen LogP contribution is 1.83. The maximum atomic E-state index is 10.4. The minimum atomic E-state index is -0.282.